The summed E-state index contributed by atoms with van der Waals surface area (Å²) in [5.74, 6) is 0. The summed E-state index contributed by atoms with van der Waals surface area (Å²) >= 11 is 0. The topological polar surface area (TPSA) is 50.2 Å². The second-order valence-electron chi connectivity index (χ2n) is 5.31. The SMILES string of the molecule is Cc1ccc([S@](=O)c2cnccc2[C@H](O)c2ccccc2)cc1. The van der Waals surface area contributed by atoms with Crippen molar-refractivity contribution < 1.29 is 9.32 Å². The predicted octanol–water partition coefficient (Wildman–Crippen LogP) is 3.64. The third-order valence-electron chi connectivity index (χ3n) is 3.66. The van der Waals surface area contributed by atoms with Crippen LogP contribution in [0.1, 0.15) is 22.8 Å². The zero-order valence-corrected chi connectivity index (χ0v) is 13.5. The van der Waals surface area contributed by atoms with Gasteiger partial charge in [0.25, 0.3) is 0 Å². The monoisotopic (exact) mass is 323 g/mol. The van der Waals surface area contributed by atoms with Gasteiger partial charge >= 0.3 is 0 Å². The Morgan fingerprint density at radius 3 is 2.39 bits per heavy atom. The summed E-state index contributed by atoms with van der Waals surface area (Å²) in [4.78, 5) is 5.32. The van der Waals surface area contributed by atoms with Crippen LogP contribution in [0.15, 0.2) is 82.8 Å². The first kappa shape index (κ1) is 15.6. The highest BCUT2D eigenvalue weighted by Crippen LogP contribution is 2.28. The predicted molar refractivity (Wildman–Crippen MR) is 90.6 cm³/mol. The molecule has 1 N–H and O–H groups in total. The molecule has 0 amide bonds. The Morgan fingerprint density at radius 2 is 1.70 bits per heavy atom. The fraction of sp³-hybridized carbons (Fsp3) is 0.105. The van der Waals surface area contributed by atoms with E-state index in [-0.39, 0.29) is 0 Å². The van der Waals surface area contributed by atoms with E-state index in [2.05, 4.69) is 4.98 Å². The Hall–Kier alpha value is -2.30. The molecule has 0 radical (unpaired) electrons. The van der Waals surface area contributed by atoms with Gasteiger partial charge in [0.05, 0.1) is 15.7 Å². The van der Waals surface area contributed by atoms with Crippen LogP contribution in [0.4, 0.5) is 0 Å². The van der Waals surface area contributed by atoms with Crippen molar-refractivity contribution in [3.05, 3.63) is 89.7 Å². The quantitative estimate of drug-likeness (QED) is 0.797. The molecule has 2 aromatic carbocycles. The number of benzene rings is 2. The summed E-state index contributed by atoms with van der Waals surface area (Å²) in [6.45, 7) is 1.99. The summed E-state index contributed by atoms with van der Waals surface area (Å²) in [5, 5.41) is 10.7. The van der Waals surface area contributed by atoms with Gasteiger partial charge in [0.15, 0.2) is 0 Å². The third kappa shape index (κ3) is 3.38. The molecule has 0 aliphatic rings. The van der Waals surface area contributed by atoms with Crippen molar-refractivity contribution in [3.8, 4) is 0 Å². The number of nitrogens with zero attached hydrogens (tertiary/aromatic N) is 1. The standard InChI is InChI=1S/C19H17NO2S/c1-14-7-9-16(10-8-14)23(22)18-13-20-12-11-17(18)19(21)15-5-3-2-4-6-15/h2-13,19,21H,1H3/t19-,23+/m1/s1. The van der Waals surface area contributed by atoms with E-state index in [0.717, 1.165) is 11.1 Å². The third-order valence-corrected chi connectivity index (χ3v) is 5.10. The van der Waals surface area contributed by atoms with Crippen molar-refractivity contribution in [1.82, 2.24) is 4.98 Å². The average molecular weight is 323 g/mol. The minimum absolute atomic E-state index is 0.535. The zero-order valence-electron chi connectivity index (χ0n) is 12.7. The van der Waals surface area contributed by atoms with Crippen LogP contribution < -0.4 is 0 Å². The van der Waals surface area contributed by atoms with Gasteiger partial charge in [0, 0.05) is 22.9 Å². The van der Waals surface area contributed by atoms with Gasteiger partial charge < -0.3 is 5.11 Å². The van der Waals surface area contributed by atoms with Gasteiger partial charge in [-0.2, -0.15) is 0 Å². The maximum Gasteiger partial charge on any atom is 0.105 e. The van der Waals surface area contributed by atoms with Crippen molar-refractivity contribution in [2.75, 3.05) is 0 Å². The fourth-order valence-corrected chi connectivity index (χ4v) is 3.56. The van der Waals surface area contributed by atoms with Crippen LogP contribution in [-0.2, 0) is 10.8 Å². The van der Waals surface area contributed by atoms with Crippen LogP contribution in [0.25, 0.3) is 0 Å². The Balaban J connectivity index is 2.01. The minimum atomic E-state index is -1.38. The lowest BCUT2D eigenvalue weighted by Gasteiger charge is -2.15. The molecule has 1 aromatic heterocycles. The number of aromatic nitrogens is 1. The molecule has 3 aromatic rings. The zero-order chi connectivity index (χ0) is 16.2. The summed E-state index contributed by atoms with van der Waals surface area (Å²) < 4.78 is 12.9. The Labute approximate surface area is 138 Å². The number of hydrogen-bond donors (Lipinski definition) is 1. The largest absolute Gasteiger partial charge is 0.384 e. The van der Waals surface area contributed by atoms with Crippen LogP contribution in [0.3, 0.4) is 0 Å². The summed E-state index contributed by atoms with van der Waals surface area (Å²) in [5.41, 5.74) is 2.49. The molecule has 2 atom stereocenters. The molecule has 0 spiro atoms. The maximum atomic E-state index is 12.9. The number of rotatable bonds is 4. The van der Waals surface area contributed by atoms with Crippen LogP contribution in [0.2, 0.25) is 0 Å². The second-order valence-corrected chi connectivity index (χ2v) is 6.76. The van der Waals surface area contributed by atoms with Gasteiger partial charge in [0.1, 0.15) is 6.10 Å². The van der Waals surface area contributed by atoms with E-state index < -0.39 is 16.9 Å². The van der Waals surface area contributed by atoms with Gasteiger partial charge in [-0.15, -0.1) is 0 Å². The average Bonchev–Trinajstić information content (AvgIpc) is 2.62. The molecule has 23 heavy (non-hydrogen) atoms. The van der Waals surface area contributed by atoms with E-state index in [1.165, 1.54) is 0 Å². The van der Waals surface area contributed by atoms with Crippen molar-refractivity contribution in [2.24, 2.45) is 0 Å². The van der Waals surface area contributed by atoms with Crippen molar-refractivity contribution in [1.29, 1.82) is 0 Å². The highest BCUT2D eigenvalue weighted by molar-refractivity contribution is 7.85. The van der Waals surface area contributed by atoms with Crippen LogP contribution in [0, 0.1) is 6.92 Å². The molecule has 0 unspecified atom stereocenters. The first-order valence-electron chi connectivity index (χ1n) is 7.32. The highest BCUT2D eigenvalue weighted by Gasteiger charge is 2.19. The van der Waals surface area contributed by atoms with E-state index >= 15 is 0 Å². The van der Waals surface area contributed by atoms with E-state index in [1.54, 1.807) is 18.5 Å². The number of hydrogen-bond acceptors (Lipinski definition) is 3. The van der Waals surface area contributed by atoms with E-state index in [4.69, 9.17) is 0 Å². The van der Waals surface area contributed by atoms with Crippen LogP contribution >= 0.6 is 0 Å². The smallest absolute Gasteiger partial charge is 0.105 e. The van der Waals surface area contributed by atoms with Gasteiger partial charge in [0.2, 0.25) is 0 Å². The molecule has 0 bridgehead atoms. The number of aliphatic hydroxyl groups is 1. The van der Waals surface area contributed by atoms with Crippen molar-refractivity contribution in [2.45, 2.75) is 22.8 Å². The molecule has 0 saturated carbocycles. The van der Waals surface area contributed by atoms with Gasteiger partial charge in [-0.3, -0.25) is 4.98 Å². The lowest BCUT2D eigenvalue weighted by atomic mass is 10.0. The van der Waals surface area contributed by atoms with Crippen LogP contribution in [0.5, 0.6) is 0 Å². The molecular weight excluding hydrogens is 306 g/mol. The lowest BCUT2D eigenvalue weighted by Crippen LogP contribution is -2.06. The second kappa shape index (κ2) is 6.86. The molecule has 3 rings (SSSR count). The van der Waals surface area contributed by atoms with Crippen molar-refractivity contribution >= 4 is 10.8 Å². The molecular formula is C19H17NO2S. The molecule has 4 heteroatoms. The highest BCUT2D eigenvalue weighted by atomic mass is 32.2. The Bertz CT molecular complexity index is 816. The lowest BCUT2D eigenvalue weighted by molar-refractivity contribution is 0.217. The minimum Gasteiger partial charge on any atom is -0.384 e. The molecule has 0 aliphatic carbocycles. The summed E-state index contributed by atoms with van der Waals surface area (Å²) in [6.07, 6.45) is 2.35. The number of aliphatic hydroxyl groups excluding tert-OH is 1. The van der Waals surface area contributed by atoms with Gasteiger partial charge in [-0.25, -0.2) is 4.21 Å². The molecule has 3 nitrogen and oxygen atoms in total. The first-order valence-corrected chi connectivity index (χ1v) is 8.47. The van der Waals surface area contributed by atoms with Crippen molar-refractivity contribution in [3.63, 3.8) is 0 Å². The van der Waals surface area contributed by atoms with Gasteiger partial charge in [-0.1, -0.05) is 48.0 Å². The summed E-state index contributed by atoms with van der Waals surface area (Å²) in [6, 6.07) is 18.6. The maximum absolute atomic E-state index is 12.9. The van der Waals surface area contributed by atoms with E-state index in [9.17, 15) is 9.32 Å². The number of pyridine rings is 1. The van der Waals surface area contributed by atoms with E-state index in [0.29, 0.717) is 15.4 Å². The molecule has 0 fully saturated rings. The first-order chi connectivity index (χ1) is 11.2. The molecule has 0 aliphatic heterocycles. The normalized spacial score (nSPS) is 13.5. The Kier molecular flexibility index (Phi) is 4.65. The summed E-state index contributed by atoms with van der Waals surface area (Å²) in [7, 11) is -1.38. The van der Waals surface area contributed by atoms with Crippen LogP contribution in [-0.4, -0.2) is 14.3 Å². The molecule has 0 saturated heterocycles. The van der Waals surface area contributed by atoms with E-state index in [1.807, 2.05) is 61.5 Å². The molecule has 116 valence electrons. The fourth-order valence-electron chi connectivity index (χ4n) is 2.38. The van der Waals surface area contributed by atoms with Gasteiger partial charge in [-0.05, 0) is 30.7 Å². The number of aryl methyl sites for hydroxylation is 1. The Morgan fingerprint density at radius 1 is 1.00 bits per heavy atom. The molecule has 1 heterocycles.